The zero-order valence-electron chi connectivity index (χ0n) is 5.29. The SMILES string of the molecule is Cl.O=C([O-])O.O=S(=O)(O)O.[Na+]. The standard InChI is InChI=1S/CH2O3.ClH.Na.H2O4S/c2-1(3)4;;;1-5(2,3)4/h(H2,2,3,4);1H;;(H2,1,2,3,4)/q;;+1;/p-1. The van der Waals surface area contributed by atoms with E-state index in [1.165, 1.54) is 0 Å². The van der Waals surface area contributed by atoms with Crippen LogP contribution in [0.1, 0.15) is 0 Å². The van der Waals surface area contributed by atoms with Gasteiger partial charge in [-0.05, 0) is 0 Å². The van der Waals surface area contributed by atoms with E-state index < -0.39 is 16.6 Å². The van der Waals surface area contributed by atoms with Crippen LogP contribution in [0.4, 0.5) is 4.79 Å². The van der Waals surface area contributed by atoms with Crippen LogP contribution < -0.4 is 34.7 Å². The van der Waals surface area contributed by atoms with Gasteiger partial charge in [-0.3, -0.25) is 9.11 Å². The molecular weight excluding hydrogens is 215 g/mol. The normalized spacial score (nSPS) is 7.45. The Morgan fingerprint density at radius 3 is 1.27 bits per heavy atom. The molecule has 0 saturated carbocycles. The van der Waals surface area contributed by atoms with Gasteiger partial charge >= 0.3 is 40.0 Å². The predicted octanol–water partition coefficient (Wildman–Crippen LogP) is -4.34. The minimum absolute atomic E-state index is 0. The van der Waals surface area contributed by atoms with E-state index in [1.54, 1.807) is 0 Å². The van der Waals surface area contributed by atoms with Crippen molar-refractivity contribution < 1.29 is 62.1 Å². The number of carbonyl (C=O) groups is 1. The molecule has 7 nitrogen and oxygen atoms in total. The molecule has 0 atom stereocenters. The van der Waals surface area contributed by atoms with Crippen molar-refractivity contribution in [1.82, 2.24) is 0 Å². The summed E-state index contributed by atoms with van der Waals surface area (Å²) in [5.41, 5.74) is 0. The first-order chi connectivity index (χ1) is 3.73. The molecular formula is CH4ClNaO7S. The molecule has 10 heteroatoms. The van der Waals surface area contributed by atoms with E-state index in [0.29, 0.717) is 0 Å². The third-order valence-electron chi connectivity index (χ3n) is 0. The molecule has 0 aliphatic rings. The van der Waals surface area contributed by atoms with Crippen molar-refractivity contribution in [3.05, 3.63) is 0 Å². The van der Waals surface area contributed by atoms with Crippen LogP contribution in [0.5, 0.6) is 0 Å². The summed E-state index contributed by atoms with van der Waals surface area (Å²) in [7, 11) is -4.67. The average Bonchev–Trinajstić information content (AvgIpc) is 1.19. The summed E-state index contributed by atoms with van der Waals surface area (Å²) < 4.78 is 31.6. The topological polar surface area (TPSA) is 135 Å². The van der Waals surface area contributed by atoms with Crippen molar-refractivity contribution in [2.45, 2.75) is 0 Å². The van der Waals surface area contributed by atoms with Gasteiger partial charge in [-0.25, -0.2) is 0 Å². The second-order valence-corrected chi connectivity index (χ2v) is 1.61. The van der Waals surface area contributed by atoms with Gasteiger partial charge in [0.05, 0.1) is 0 Å². The van der Waals surface area contributed by atoms with Crippen molar-refractivity contribution in [3.8, 4) is 0 Å². The molecule has 0 bridgehead atoms. The van der Waals surface area contributed by atoms with Gasteiger partial charge in [-0.15, -0.1) is 12.4 Å². The largest absolute Gasteiger partial charge is 1.00 e. The van der Waals surface area contributed by atoms with Crippen LogP contribution in [0.25, 0.3) is 0 Å². The molecule has 0 aliphatic heterocycles. The summed E-state index contributed by atoms with van der Waals surface area (Å²) in [4.78, 5) is 8.44. The molecule has 0 heterocycles. The second-order valence-electron chi connectivity index (χ2n) is 0.714. The number of halogens is 1. The molecule has 0 aromatic rings. The molecule has 0 fully saturated rings. The molecule has 0 unspecified atom stereocenters. The first-order valence-corrected chi connectivity index (χ1v) is 2.73. The molecule has 0 saturated heterocycles. The summed E-state index contributed by atoms with van der Waals surface area (Å²) in [6.45, 7) is 0. The number of hydrogen-bond donors (Lipinski definition) is 3. The van der Waals surface area contributed by atoms with E-state index >= 15 is 0 Å². The molecule has 0 spiro atoms. The van der Waals surface area contributed by atoms with Gasteiger partial charge in [0.25, 0.3) is 0 Å². The maximum Gasteiger partial charge on any atom is 1.00 e. The molecule has 0 amide bonds. The van der Waals surface area contributed by atoms with Crippen LogP contribution in [0.2, 0.25) is 0 Å². The molecule has 0 rings (SSSR count). The first-order valence-electron chi connectivity index (χ1n) is 1.33. The van der Waals surface area contributed by atoms with E-state index in [1.807, 2.05) is 0 Å². The van der Waals surface area contributed by atoms with Crippen LogP contribution in [0, 0.1) is 0 Å². The van der Waals surface area contributed by atoms with Gasteiger partial charge in [-0.1, -0.05) is 0 Å². The Bertz CT molecular complexity index is 161. The van der Waals surface area contributed by atoms with Gasteiger partial charge < -0.3 is 15.0 Å². The summed E-state index contributed by atoms with van der Waals surface area (Å²) in [5, 5.41) is 15.3. The fourth-order valence-corrected chi connectivity index (χ4v) is 0. The summed E-state index contributed by atoms with van der Waals surface area (Å²) in [6.07, 6.45) is -2.08. The van der Waals surface area contributed by atoms with Crippen molar-refractivity contribution in [1.29, 1.82) is 0 Å². The number of rotatable bonds is 0. The number of hydrogen-bond acceptors (Lipinski definition) is 4. The Morgan fingerprint density at radius 2 is 1.27 bits per heavy atom. The zero-order valence-corrected chi connectivity index (χ0v) is 8.92. The maximum atomic E-state index is 8.74. The van der Waals surface area contributed by atoms with E-state index in [4.69, 9.17) is 32.5 Å². The molecule has 0 aliphatic carbocycles. The van der Waals surface area contributed by atoms with Crippen LogP contribution in [0.15, 0.2) is 0 Å². The van der Waals surface area contributed by atoms with Crippen molar-refractivity contribution >= 4 is 29.0 Å². The maximum absolute atomic E-state index is 8.74. The van der Waals surface area contributed by atoms with Gasteiger partial charge in [0.1, 0.15) is 0 Å². The van der Waals surface area contributed by atoms with E-state index in [9.17, 15) is 0 Å². The fourth-order valence-electron chi connectivity index (χ4n) is 0. The van der Waals surface area contributed by atoms with Crippen molar-refractivity contribution in [2.75, 3.05) is 0 Å². The van der Waals surface area contributed by atoms with Crippen LogP contribution in [-0.4, -0.2) is 28.8 Å². The molecule has 11 heavy (non-hydrogen) atoms. The van der Waals surface area contributed by atoms with Gasteiger partial charge in [-0.2, -0.15) is 8.42 Å². The van der Waals surface area contributed by atoms with Crippen molar-refractivity contribution in [3.63, 3.8) is 0 Å². The molecule has 0 aromatic carbocycles. The van der Waals surface area contributed by atoms with Gasteiger partial charge in [0.15, 0.2) is 0 Å². The number of carboxylic acid groups (broad SMARTS) is 2. The smallest absolute Gasteiger partial charge is 0.565 e. The molecule has 0 radical (unpaired) electrons. The van der Waals surface area contributed by atoms with E-state index in [-0.39, 0.29) is 42.0 Å². The predicted molar refractivity (Wildman–Crippen MR) is 29.5 cm³/mol. The quantitative estimate of drug-likeness (QED) is 0.276. The molecule has 0 aromatic heterocycles. The van der Waals surface area contributed by atoms with Gasteiger partial charge in [0, 0.05) is 0 Å². The summed E-state index contributed by atoms with van der Waals surface area (Å²) in [5.74, 6) is 0. The Balaban J connectivity index is -0.0000000383. The Kier molecular flexibility index (Phi) is 21.4. The average molecular weight is 219 g/mol. The summed E-state index contributed by atoms with van der Waals surface area (Å²) >= 11 is 0. The minimum atomic E-state index is -4.67. The molecule has 64 valence electrons. The van der Waals surface area contributed by atoms with Crippen LogP contribution in [0.3, 0.4) is 0 Å². The first kappa shape index (κ1) is 22.5. The third-order valence-corrected chi connectivity index (χ3v) is 0. The Hall–Kier alpha value is 0.430. The zero-order chi connectivity index (χ0) is 8.08. The van der Waals surface area contributed by atoms with E-state index in [2.05, 4.69) is 0 Å². The fraction of sp³-hybridized carbons (Fsp3) is 0. The van der Waals surface area contributed by atoms with Gasteiger partial charge in [0.2, 0.25) is 6.16 Å². The van der Waals surface area contributed by atoms with E-state index in [0.717, 1.165) is 0 Å². The third kappa shape index (κ3) is 4010. The Labute approximate surface area is 90.7 Å². The summed E-state index contributed by atoms with van der Waals surface area (Å²) in [6, 6.07) is 0. The second kappa shape index (κ2) is 10.4. The Morgan fingerprint density at radius 1 is 1.27 bits per heavy atom. The van der Waals surface area contributed by atoms with Crippen molar-refractivity contribution in [2.24, 2.45) is 0 Å². The molecule has 3 N–H and O–H groups in total. The van der Waals surface area contributed by atoms with Crippen LogP contribution >= 0.6 is 12.4 Å². The minimum Gasteiger partial charge on any atom is -0.565 e. The van der Waals surface area contributed by atoms with Crippen LogP contribution in [-0.2, 0) is 10.4 Å². The monoisotopic (exact) mass is 218 g/mol.